The maximum absolute atomic E-state index is 12.7. The van der Waals surface area contributed by atoms with Crippen molar-refractivity contribution in [3.63, 3.8) is 0 Å². The first kappa shape index (κ1) is 21.5. The van der Waals surface area contributed by atoms with Crippen LogP contribution in [0.2, 0.25) is 0 Å². The first-order valence-corrected chi connectivity index (χ1v) is 10.7. The maximum atomic E-state index is 12.7. The third-order valence-corrected chi connectivity index (χ3v) is 5.70. The summed E-state index contributed by atoms with van der Waals surface area (Å²) in [6, 6.07) is 15.9. The van der Waals surface area contributed by atoms with E-state index < -0.39 is 11.2 Å². The molecule has 0 saturated heterocycles. The zero-order valence-corrected chi connectivity index (χ0v) is 18.7. The Labute approximate surface area is 193 Å². The molecule has 5 rings (SSSR count). The van der Waals surface area contributed by atoms with Crippen molar-refractivity contribution in [2.75, 3.05) is 13.7 Å². The Hall–Kier alpha value is -4.38. The van der Waals surface area contributed by atoms with Gasteiger partial charge in [-0.05, 0) is 34.5 Å². The summed E-state index contributed by atoms with van der Waals surface area (Å²) in [6.45, 7) is 2.89. The number of para-hydroxylation sites is 1. The standard InChI is InChI=1S/C23H22N8O3/c1-15-25-21-20(22(32)26-23(33)29(21)11-12-34-2)30(15)13-16-7-9-17(10-8-16)18-5-3-4-6-19(18)31-14-24-27-28-31/h3-10,14H,11-13H2,1-2H3,(H,26,32,33). The first-order chi connectivity index (χ1) is 16.6. The van der Waals surface area contributed by atoms with Gasteiger partial charge in [0.25, 0.3) is 5.56 Å². The number of tetrazole rings is 1. The van der Waals surface area contributed by atoms with Gasteiger partial charge in [-0.1, -0.05) is 42.5 Å². The second-order valence-corrected chi connectivity index (χ2v) is 7.79. The Bertz CT molecular complexity index is 1560. The molecular formula is C23H22N8O3. The first-order valence-electron chi connectivity index (χ1n) is 10.7. The molecule has 0 unspecified atom stereocenters. The van der Waals surface area contributed by atoms with Crippen LogP contribution in [-0.2, 0) is 17.8 Å². The number of nitrogens with zero attached hydrogens (tertiary/aromatic N) is 7. The number of benzene rings is 2. The molecule has 0 aliphatic carbocycles. The number of nitrogens with one attached hydrogen (secondary N) is 1. The highest BCUT2D eigenvalue weighted by Gasteiger charge is 2.17. The summed E-state index contributed by atoms with van der Waals surface area (Å²) in [5.74, 6) is 0.644. The topological polar surface area (TPSA) is 126 Å². The average Bonchev–Trinajstić information content (AvgIpc) is 3.48. The third-order valence-electron chi connectivity index (χ3n) is 5.70. The molecule has 0 fully saturated rings. The average molecular weight is 458 g/mol. The number of hydrogen-bond acceptors (Lipinski definition) is 7. The highest BCUT2D eigenvalue weighted by atomic mass is 16.5. The number of methoxy groups -OCH3 is 1. The fraction of sp³-hybridized carbons (Fsp3) is 0.217. The molecule has 34 heavy (non-hydrogen) atoms. The molecule has 0 amide bonds. The van der Waals surface area contributed by atoms with Crippen LogP contribution in [0.5, 0.6) is 0 Å². The lowest BCUT2D eigenvalue weighted by molar-refractivity contribution is 0.187. The Morgan fingerprint density at radius 3 is 2.56 bits per heavy atom. The van der Waals surface area contributed by atoms with Gasteiger partial charge < -0.3 is 9.30 Å². The van der Waals surface area contributed by atoms with E-state index in [2.05, 4.69) is 25.5 Å². The zero-order chi connectivity index (χ0) is 23.7. The van der Waals surface area contributed by atoms with E-state index in [4.69, 9.17) is 4.74 Å². The van der Waals surface area contributed by atoms with Crippen molar-refractivity contribution in [2.24, 2.45) is 0 Å². The minimum atomic E-state index is -0.496. The summed E-state index contributed by atoms with van der Waals surface area (Å²) in [5, 5.41) is 11.4. The monoisotopic (exact) mass is 458 g/mol. The summed E-state index contributed by atoms with van der Waals surface area (Å²) >= 11 is 0. The lowest BCUT2D eigenvalue weighted by Crippen LogP contribution is -2.32. The van der Waals surface area contributed by atoms with Crippen LogP contribution in [0.3, 0.4) is 0 Å². The van der Waals surface area contributed by atoms with Gasteiger partial charge in [-0.3, -0.25) is 14.3 Å². The van der Waals surface area contributed by atoms with Crippen molar-refractivity contribution < 1.29 is 4.74 Å². The van der Waals surface area contributed by atoms with E-state index in [0.29, 0.717) is 36.7 Å². The summed E-state index contributed by atoms with van der Waals surface area (Å²) < 4.78 is 9.97. The minimum Gasteiger partial charge on any atom is -0.383 e. The molecule has 3 aromatic heterocycles. The van der Waals surface area contributed by atoms with E-state index in [9.17, 15) is 9.59 Å². The number of ether oxygens (including phenoxy) is 1. The largest absolute Gasteiger partial charge is 0.383 e. The van der Waals surface area contributed by atoms with Crippen LogP contribution in [0.25, 0.3) is 28.0 Å². The van der Waals surface area contributed by atoms with Gasteiger partial charge in [0.1, 0.15) is 12.2 Å². The second kappa shape index (κ2) is 8.87. The molecular weight excluding hydrogens is 436 g/mol. The molecule has 5 aromatic rings. The predicted molar refractivity (Wildman–Crippen MR) is 125 cm³/mol. The Morgan fingerprint density at radius 1 is 1.03 bits per heavy atom. The number of fused-ring (bicyclic) bond motifs is 1. The van der Waals surface area contributed by atoms with Crippen molar-refractivity contribution in [3.8, 4) is 16.8 Å². The van der Waals surface area contributed by atoms with E-state index in [1.807, 2.05) is 60.0 Å². The molecule has 0 saturated carbocycles. The van der Waals surface area contributed by atoms with E-state index >= 15 is 0 Å². The highest BCUT2D eigenvalue weighted by molar-refractivity contribution is 5.73. The molecule has 172 valence electrons. The molecule has 1 N–H and O–H groups in total. The molecule has 11 nitrogen and oxygen atoms in total. The SMILES string of the molecule is COCCn1c(=O)[nH]c(=O)c2c1nc(C)n2Cc1ccc(-c2ccccc2-n2cnnn2)cc1. The van der Waals surface area contributed by atoms with Crippen molar-refractivity contribution in [3.05, 3.63) is 87.1 Å². The van der Waals surface area contributed by atoms with Crippen LogP contribution in [0.1, 0.15) is 11.4 Å². The van der Waals surface area contributed by atoms with Gasteiger partial charge in [0, 0.05) is 19.2 Å². The van der Waals surface area contributed by atoms with Gasteiger partial charge in [-0.2, -0.15) is 4.68 Å². The van der Waals surface area contributed by atoms with Crippen LogP contribution in [0.4, 0.5) is 0 Å². The quantitative estimate of drug-likeness (QED) is 0.392. The van der Waals surface area contributed by atoms with Gasteiger partial charge in [-0.25, -0.2) is 9.78 Å². The molecule has 11 heteroatoms. The molecule has 0 radical (unpaired) electrons. The van der Waals surface area contributed by atoms with Gasteiger partial charge in [0.2, 0.25) is 0 Å². The van der Waals surface area contributed by atoms with E-state index in [1.54, 1.807) is 18.1 Å². The number of rotatable bonds is 7. The number of aromatic amines is 1. The van der Waals surface area contributed by atoms with Crippen LogP contribution in [-0.4, -0.2) is 53.0 Å². The number of hydrogen-bond donors (Lipinski definition) is 1. The van der Waals surface area contributed by atoms with Crippen LogP contribution >= 0.6 is 0 Å². The molecule has 0 atom stereocenters. The number of aromatic nitrogens is 8. The normalized spacial score (nSPS) is 11.4. The van der Waals surface area contributed by atoms with Crippen LogP contribution in [0.15, 0.2) is 64.4 Å². The summed E-state index contributed by atoms with van der Waals surface area (Å²) in [5.41, 5.74) is 3.62. The molecule has 0 aliphatic rings. The Morgan fingerprint density at radius 2 is 1.82 bits per heavy atom. The van der Waals surface area contributed by atoms with Crippen LogP contribution in [0, 0.1) is 6.92 Å². The van der Waals surface area contributed by atoms with Crippen molar-refractivity contribution in [1.29, 1.82) is 0 Å². The molecule has 3 heterocycles. The number of aryl methyl sites for hydroxylation is 1. The van der Waals surface area contributed by atoms with E-state index in [0.717, 1.165) is 22.4 Å². The fourth-order valence-electron chi connectivity index (χ4n) is 4.03. The molecule has 0 spiro atoms. The van der Waals surface area contributed by atoms with Crippen LogP contribution < -0.4 is 11.2 Å². The predicted octanol–water partition coefficient (Wildman–Crippen LogP) is 1.53. The van der Waals surface area contributed by atoms with Crippen molar-refractivity contribution in [2.45, 2.75) is 20.0 Å². The third kappa shape index (κ3) is 3.82. The summed E-state index contributed by atoms with van der Waals surface area (Å²) in [7, 11) is 1.56. The second-order valence-electron chi connectivity index (χ2n) is 7.79. The van der Waals surface area contributed by atoms with Crippen molar-refractivity contribution in [1.82, 2.24) is 39.3 Å². The van der Waals surface area contributed by atoms with Gasteiger partial charge in [-0.15, -0.1) is 5.10 Å². The highest BCUT2D eigenvalue weighted by Crippen LogP contribution is 2.26. The van der Waals surface area contributed by atoms with E-state index in [1.165, 1.54) is 4.57 Å². The zero-order valence-electron chi connectivity index (χ0n) is 18.7. The number of imidazole rings is 1. The van der Waals surface area contributed by atoms with Gasteiger partial charge >= 0.3 is 5.69 Å². The number of H-pyrrole nitrogens is 1. The molecule has 2 aromatic carbocycles. The fourth-order valence-corrected chi connectivity index (χ4v) is 4.03. The summed E-state index contributed by atoms with van der Waals surface area (Å²) in [6.07, 6.45) is 1.56. The van der Waals surface area contributed by atoms with Crippen molar-refractivity contribution >= 4 is 11.2 Å². The lowest BCUT2D eigenvalue weighted by atomic mass is 10.0. The Kier molecular flexibility index (Phi) is 5.60. The Balaban J connectivity index is 1.50. The lowest BCUT2D eigenvalue weighted by Gasteiger charge is -2.11. The molecule has 0 aliphatic heterocycles. The molecule has 0 bridgehead atoms. The van der Waals surface area contributed by atoms with E-state index in [-0.39, 0.29) is 0 Å². The van der Waals surface area contributed by atoms with Gasteiger partial charge in [0.05, 0.1) is 18.8 Å². The minimum absolute atomic E-state index is 0.300. The smallest absolute Gasteiger partial charge is 0.330 e. The summed E-state index contributed by atoms with van der Waals surface area (Å²) in [4.78, 5) is 31.9. The van der Waals surface area contributed by atoms with Gasteiger partial charge in [0.15, 0.2) is 11.2 Å². The maximum Gasteiger partial charge on any atom is 0.330 e.